The Morgan fingerprint density at radius 2 is 1.87 bits per heavy atom. The largest absolute Gasteiger partial charge is 0.389 e. The van der Waals surface area contributed by atoms with Crippen LogP contribution in [-0.2, 0) is 4.79 Å². The number of rotatable bonds is 5. The van der Waals surface area contributed by atoms with Gasteiger partial charge in [0.2, 0.25) is 5.91 Å². The number of hydrogen-bond acceptors (Lipinski definition) is 6. The molecule has 0 bridgehead atoms. The number of carbonyl (C=O) groups is 2. The number of nitrogens with one attached hydrogen (secondary N) is 1. The Labute approximate surface area is 175 Å². The zero-order valence-electron chi connectivity index (χ0n) is 17.5. The number of amides is 2. The van der Waals surface area contributed by atoms with Crippen LogP contribution in [-0.4, -0.2) is 66.8 Å². The van der Waals surface area contributed by atoms with Gasteiger partial charge in [0.15, 0.2) is 0 Å². The summed E-state index contributed by atoms with van der Waals surface area (Å²) in [6.07, 6.45) is 7.39. The molecule has 1 fully saturated rings. The first-order chi connectivity index (χ1) is 14.3. The van der Waals surface area contributed by atoms with Crippen LogP contribution >= 0.6 is 0 Å². The molecule has 0 aromatic carbocycles. The number of allylic oxidation sites excluding steroid dienone is 3. The first kappa shape index (κ1) is 21.4. The van der Waals surface area contributed by atoms with Crippen molar-refractivity contribution in [2.24, 2.45) is 0 Å². The number of aryl methyl sites for hydroxylation is 3. The molecule has 0 saturated carbocycles. The van der Waals surface area contributed by atoms with Crippen molar-refractivity contribution in [1.29, 1.82) is 0 Å². The van der Waals surface area contributed by atoms with Crippen molar-refractivity contribution >= 4 is 11.8 Å². The minimum absolute atomic E-state index is 0.165. The van der Waals surface area contributed by atoms with Gasteiger partial charge in [-0.2, -0.15) is 5.10 Å². The summed E-state index contributed by atoms with van der Waals surface area (Å²) in [5.41, 5.74) is 2.49. The maximum absolute atomic E-state index is 12.8. The molecule has 2 aromatic rings. The van der Waals surface area contributed by atoms with Crippen molar-refractivity contribution in [3.8, 4) is 5.95 Å². The summed E-state index contributed by atoms with van der Waals surface area (Å²) in [7, 11) is 0. The fourth-order valence-corrected chi connectivity index (χ4v) is 3.30. The summed E-state index contributed by atoms with van der Waals surface area (Å²) in [5.74, 6) is -0.189. The second-order valence-corrected chi connectivity index (χ2v) is 7.30. The fraction of sp³-hybridized carbons (Fsp3) is 0.381. The van der Waals surface area contributed by atoms with Gasteiger partial charge in [-0.05, 0) is 33.8 Å². The standard InChI is InChI=1S/C21H26N6O3/c1-5-6-7-8-19(29)26-11-17(18(28)12-26)24-20(30)16-10-27(25-15(16)4)21-22-13(2)9-14(3)23-21/h5-10,17-18,28H,11-12H2,1-4H3,(H,24,30)/b6-5+,8-7+/t17-,18-/m1/s1. The molecular weight excluding hydrogens is 384 g/mol. The van der Waals surface area contributed by atoms with E-state index in [1.54, 1.807) is 25.3 Å². The number of β-amino-alcohol motifs (C(OH)–C–C–N with tert-alkyl or cyclic N) is 1. The lowest BCUT2D eigenvalue weighted by Crippen LogP contribution is -2.43. The average Bonchev–Trinajstić information content (AvgIpc) is 3.24. The highest BCUT2D eigenvalue weighted by Gasteiger charge is 2.34. The first-order valence-electron chi connectivity index (χ1n) is 9.74. The molecule has 3 heterocycles. The van der Waals surface area contributed by atoms with Gasteiger partial charge in [-0.1, -0.05) is 18.2 Å². The molecule has 3 rings (SSSR count). The number of hydrogen-bond donors (Lipinski definition) is 2. The van der Waals surface area contributed by atoms with Gasteiger partial charge >= 0.3 is 0 Å². The first-order valence-corrected chi connectivity index (χ1v) is 9.74. The van der Waals surface area contributed by atoms with Gasteiger partial charge in [0.05, 0.1) is 23.4 Å². The highest BCUT2D eigenvalue weighted by Crippen LogP contribution is 2.14. The number of nitrogens with zero attached hydrogens (tertiary/aromatic N) is 5. The van der Waals surface area contributed by atoms with Crippen LogP contribution in [0.3, 0.4) is 0 Å². The molecule has 1 saturated heterocycles. The van der Waals surface area contributed by atoms with Gasteiger partial charge in [0, 0.05) is 36.8 Å². The second kappa shape index (κ2) is 9.00. The van der Waals surface area contributed by atoms with Crippen LogP contribution in [0.5, 0.6) is 0 Å². The van der Waals surface area contributed by atoms with Crippen molar-refractivity contribution in [2.75, 3.05) is 13.1 Å². The summed E-state index contributed by atoms with van der Waals surface area (Å²) in [6, 6.07) is 1.30. The lowest BCUT2D eigenvalue weighted by Gasteiger charge is -2.15. The van der Waals surface area contributed by atoms with Crippen molar-refractivity contribution < 1.29 is 14.7 Å². The normalized spacial score (nSPS) is 19.2. The Morgan fingerprint density at radius 1 is 1.17 bits per heavy atom. The molecule has 2 N–H and O–H groups in total. The molecule has 2 atom stereocenters. The molecular formula is C21H26N6O3. The van der Waals surface area contributed by atoms with Crippen molar-refractivity contribution in [3.05, 3.63) is 59.2 Å². The molecule has 1 aliphatic heterocycles. The van der Waals surface area contributed by atoms with Crippen LogP contribution in [0, 0.1) is 20.8 Å². The summed E-state index contributed by atoms with van der Waals surface area (Å²) in [5, 5.41) is 17.5. The molecule has 30 heavy (non-hydrogen) atoms. The summed E-state index contributed by atoms with van der Waals surface area (Å²) in [6.45, 7) is 7.71. The van der Waals surface area contributed by atoms with Gasteiger partial charge in [0.25, 0.3) is 11.9 Å². The smallest absolute Gasteiger partial charge is 0.255 e. The number of likely N-dealkylation sites (tertiary alicyclic amines) is 1. The van der Waals surface area contributed by atoms with Crippen LogP contribution in [0.15, 0.2) is 36.6 Å². The minimum atomic E-state index is -0.842. The lowest BCUT2D eigenvalue weighted by molar-refractivity contribution is -0.125. The molecule has 0 unspecified atom stereocenters. The minimum Gasteiger partial charge on any atom is -0.389 e. The quantitative estimate of drug-likeness (QED) is 0.562. The van der Waals surface area contributed by atoms with E-state index in [-0.39, 0.29) is 24.9 Å². The number of aliphatic hydroxyl groups excluding tert-OH is 1. The molecule has 0 spiro atoms. The Morgan fingerprint density at radius 3 is 2.53 bits per heavy atom. The summed E-state index contributed by atoms with van der Waals surface area (Å²) < 4.78 is 1.47. The van der Waals surface area contributed by atoms with Crippen molar-refractivity contribution in [2.45, 2.75) is 39.8 Å². The van der Waals surface area contributed by atoms with Crippen LogP contribution in [0.25, 0.3) is 5.95 Å². The zero-order chi connectivity index (χ0) is 21.8. The van der Waals surface area contributed by atoms with Crippen molar-refractivity contribution in [3.63, 3.8) is 0 Å². The third-order valence-corrected chi connectivity index (χ3v) is 4.78. The molecule has 158 valence electrons. The maximum atomic E-state index is 12.8. The van der Waals surface area contributed by atoms with Crippen LogP contribution in [0.4, 0.5) is 0 Å². The zero-order valence-corrected chi connectivity index (χ0v) is 17.5. The Bertz CT molecular complexity index is 990. The molecule has 9 nitrogen and oxygen atoms in total. The van der Waals surface area contributed by atoms with Gasteiger partial charge < -0.3 is 15.3 Å². The highest BCUT2D eigenvalue weighted by atomic mass is 16.3. The van der Waals surface area contributed by atoms with E-state index in [1.807, 2.05) is 32.9 Å². The second-order valence-electron chi connectivity index (χ2n) is 7.30. The SMILES string of the molecule is C/C=C/C=C/C(=O)N1C[C@@H](O)[C@H](NC(=O)c2cn(-c3nc(C)cc(C)n3)nc2C)C1. The van der Waals surface area contributed by atoms with Crippen LogP contribution in [0.1, 0.15) is 34.4 Å². The van der Waals surface area contributed by atoms with E-state index in [0.717, 1.165) is 11.4 Å². The van der Waals surface area contributed by atoms with Gasteiger partial charge in [0.1, 0.15) is 0 Å². The van der Waals surface area contributed by atoms with Crippen molar-refractivity contribution in [1.82, 2.24) is 30.0 Å². The highest BCUT2D eigenvalue weighted by molar-refractivity contribution is 5.95. The molecule has 2 aromatic heterocycles. The Hall–Kier alpha value is -3.33. The van der Waals surface area contributed by atoms with E-state index in [2.05, 4.69) is 20.4 Å². The van der Waals surface area contributed by atoms with E-state index in [0.29, 0.717) is 17.2 Å². The maximum Gasteiger partial charge on any atom is 0.255 e. The average molecular weight is 410 g/mol. The van der Waals surface area contributed by atoms with E-state index >= 15 is 0 Å². The number of carbonyl (C=O) groups excluding carboxylic acids is 2. The Kier molecular flexibility index (Phi) is 6.41. The number of aromatic nitrogens is 4. The van der Waals surface area contributed by atoms with Crippen LogP contribution in [0.2, 0.25) is 0 Å². The topological polar surface area (TPSA) is 113 Å². The summed E-state index contributed by atoms with van der Waals surface area (Å²) in [4.78, 5) is 35.2. The predicted molar refractivity (Wildman–Crippen MR) is 111 cm³/mol. The van der Waals surface area contributed by atoms with E-state index in [9.17, 15) is 14.7 Å². The number of aliphatic hydroxyl groups is 1. The Balaban J connectivity index is 1.70. The van der Waals surface area contributed by atoms with E-state index in [4.69, 9.17) is 0 Å². The lowest BCUT2D eigenvalue weighted by atomic mass is 10.2. The van der Waals surface area contributed by atoms with E-state index in [1.165, 1.54) is 15.7 Å². The molecule has 1 aliphatic rings. The molecule has 0 aliphatic carbocycles. The van der Waals surface area contributed by atoms with Gasteiger partial charge in [-0.3, -0.25) is 9.59 Å². The predicted octanol–water partition coefficient (Wildman–Crippen LogP) is 1.02. The van der Waals surface area contributed by atoms with Gasteiger partial charge in [-0.25, -0.2) is 14.6 Å². The fourth-order valence-electron chi connectivity index (χ4n) is 3.30. The molecule has 9 heteroatoms. The molecule has 2 amide bonds. The molecule has 0 radical (unpaired) electrons. The monoisotopic (exact) mass is 410 g/mol. The third kappa shape index (κ3) is 4.80. The van der Waals surface area contributed by atoms with Crippen LogP contribution < -0.4 is 5.32 Å². The van der Waals surface area contributed by atoms with Gasteiger partial charge in [-0.15, -0.1) is 0 Å². The van der Waals surface area contributed by atoms with E-state index < -0.39 is 12.1 Å². The summed E-state index contributed by atoms with van der Waals surface area (Å²) >= 11 is 0. The third-order valence-electron chi connectivity index (χ3n) is 4.78.